The molecule has 0 aliphatic carbocycles. The van der Waals surface area contributed by atoms with Crippen molar-refractivity contribution in [2.24, 2.45) is 0 Å². The Kier molecular flexibility index (Phi) is 3.77. The minimum Gasteiger partial charge on any atom is -0.258 e. The number of pyridine rings is 1. The lowest BCUT2D eigenvalue weighted by Gasteiger charge is -1.98. The van der Waals surface area contributed by atoms with Gasteiger partial charge in [0, 0.05) is 23.3 Å². The minimum atomic E-state index is -0.438. The van der Waals surface area contributed by atoms with E-state index in [0.717, 1.165) is 30.0 Å². The smallest absolute Gasteiger partial charge is 0.258 e. The third-order valence-corrected chi connectivity index (χ3v) is 3.17. The molecule has 0 atom stereocenters. The first-order valence-corrected chi connectivity index (χ1v) is 6.11. The Morgan fingerprint density at radius 2 is 2.18 bits per heavy atom. The van der Waals surface area contributed by atoms with Crippen molar-refractivity contribution >= 4 is 17.0 Å². The summed E-state index contributed by atoms with van der Waals surface area (Å²) in [5, 5.41) is 13.5. The van der Waals surface area contributed by atoms with Gasteiger partial charge in [0.2, 0.25) is 0 Å². The molecular weight excluding hydrogens is 238 g/mol. The van der Waals surface area contributed by atoms with Crippen molar-refractivity contribution in [3.63, 3.8) is 0 Å². The highest BCUT2D eigenvalue weighted by molar-refractivity contribution is 7.09. The molecule has 0 spiro atoms. The molecule has 0 aliphatic heterocycles. The van der Waals surface area contributed by atoms with E-state index in [1.165, 1.54) is 12.3 Å². The van der Waals surface area contributed by atoms with Crippen LogP contribution in [0.3, 0.4) is 0 Å². The molecule has 17 heavy (non-hydrogen) atoms. The van der Waals surface area contributed by atoms with Gasteiger partial charge in [0.05, 0.1) is 9.93 Å². The van der Waals surface area contributed by atoms with Crippen LogP contribution in [0.2, 0.25) is 0 Å². The lowest BCUT2D eigenvalue weighted by molar-refractivity contribution is -0.385. The van der Waals surface area contributed by atoms with E-state index in [-0.39, 0.29) is 5.69 Å². The van der Waals surface area contributed by atoms with Crippen LogP contribution < -0.4 is 0 Å². The number of nitro groups is 1. The third kappa shape index (κ3) is 3.32. The minimum absolute atomic E-state index is 0.0358. The number of hydrogen-bond acceptors (Lipinski definition) is 5. The quantitative estimate of drug-likeness (QED) is 0.603. The number of rotatable bonds is 5. The predicted molar refractivity (Wildman–Crippen MR) is 65.0 cm³/mol. The van der Waals surface area contributed by atoms with Crippen LogP contribution in [0.1, 0.15) is 17.1 Å². The van der Waals surface area contributed by atoms with Crippen LogP contribution >= 0.6 is 11.3 Å². The Morgan fingerprint density at radius 3 is 2.76 bits per heavy atom. The number of thiazole rings is 1. The summed E-state index contributed by atoms with van der Waals surface area (Å²) in [6.07, 6.45) is 5.80. The normalized spacial score (nSPS) is 10.4. The first kappa shape index (κ1) is 11.7. The second-order valence-electron chi connectivity index (χ2n) is 3.54. The molecule has 2 heterocycles. The van der Waals surface area contributed by atoms with Gasteiger partial charge in [-0.1, -0.05) is 0 Å². The molecule has 0 N–H and O–H groups in total. The maximum atomic E-state index is 10.4. The van der Waals surface area contributed by atoms with E-state index in [2.05, 4.69) is 9.97 Å². The highest BCUT2D eigenvalue weighted by Crippen LogP contribution is 2.12. The van der Waals surface area contributed by atoms with Crippen LogP contribution in [0, 0.1) is 10.1 Å². The van der Waals surface area contributed by atoms with Crippen LogP contribution in [0.25, 0.3) is 0 Å². The Bertz CT molecular complexity index is 482. The standard InChI is InChI=1S/C11H11N3O2S/c15-14(16)10-5-4-9(13-8-10)2-1-3-11-12-6-7-17-11/h4-8H,1-3H2. The molecule has 2 aromatic rings. The molecule has 0 aliphatic rings. The molecule has 0 unspecified atom stereocenters. The number of hydrogen-bond donors (Lipinski definition) is 0. The lowest BCUT2D eigenvalue weighted by atomic mass is 10.2. The fourth-order valence-corrected chi connectivity index (χ4v) is 2.13. The Balaban J connectivity index is 1.85. The maximum absolute atomic E-state index is 10.4. The average Bonchev–Trinajstić information content (AvgIpc) is 2.83. The zero-order chi connectivity index (χ0) is 12.1. The first-order valence-electron chi connectivity index (χ1n) is 5.23. The summed E-state index contributed by atoms with van der Waals surface area (Å²) in [4.78, 5) is 18.3. The van der Waals surface area contributed by atoms with E-state index >= 15 is 0 Å². The summed E-state index contributed by atoms with van der Waals surface area (Å²) in [5.41, 5.74) is 0.917. The second-order valence-corrected chi connectivity index (χ2v) is 4.52. The van der Waals surface area contributed by atoms with E-state index in [1.54, 1.807) is 23.6 Å². The predicted octanol–water partition coefficient (Wildman–Crippen LogP) is 2.62. The van der Waals surface area contributed by atoms with Crippen LogP contribution in [0.4, 0.5) is 5.69 Å². The number of aromatic nitrogens is 2. The fourth-order valence-electron chi connectivity index (χ4n) is 1.47. The number of nitrogens with zero attached hydrogens (tertiary/aromatic N) is 3. The van der Waals surface area contributed by atoms with E-state index < -0.39 is 4.92 Å². The molecular formula is C11H11N3O2S. The van der Waals surface area contributed by atoms with Crippen molar-refractivity contribution < 1.29 is 4.92 Å². The van der Waals surface area contributed by atoms with Gasteiger partial charge in [0.25, 0.3) is 5.69 Å². The van der Waals surface area contributed by atoms with Crippen molar-refractivity contribution in [1.82, 2.24) is 9.97 Å². The molecule has 2 rings (SSSR count). The van der Waals surface area contributed by atoms with Crippen molar-refractivity contribution in [2.45, 2.75) is 19.3 Å². The number of aryl methyl sites for hydroxylation is 2. The van der Waals surface area contributed by atoms with E-state index in [0.29, 0.717) is 0 Å². The largest absolute Gasteiger partial charge is 0.287 e. The van der Waals surface area contributed by atoms with Crippen molar-refractivity contribution in [2.75, 3.05) is 0 Å². The summed E-state index contributed by atoms with van der Waals surface area (Å²) in [6, 6.07) is 3.20. The van der Waals surface area contributed by atoms with Crippen LogP contribution in [0.15, 0.2) is 29.9 Å². The van der Waals surface area contributed by atoms with Crippen LogP contribution in [0.5, 0.6) is 0 Å². The molecule has 0 radical (unpaired) electrons. The molecule has 0 aromatic carbocycles. The third-order valence-electron chi connectivity index (χ3n) is 2.33. The Labute approximate surface area is 102 Å². The summed E-state index contributed by atoms with van der Waals surface area (Å²) >= 11 is 1.64. The van der Waals surface area contributed by atoms with Crippen molar-refractivity contribution in [3.8, 4) is 0 Å². The topological polar surface area (TPSA) is 68.9 Å². The van der Waals surface area contributed by atoms with Gasteiger partial charge in [-0.05, 0) is 25.3 Å². The van der Waals surface area contributed by atoms with Gasteiger partial charge < -0.3 is 0 Å². The van der Waals surface area contributed by atoms with E-state index in [4.69, 9.17) is 0 Å². The fraction of sp³-hybridized carbons (Fsp3) is 0.273. The summed E-state index contributed by atoms with van der Waals surface area (Å²) in [6.45, 7) is 0. The molecule has 0 saturated heterocycles. The van der Waals surface area contributed by atoms with Gasteiger partial charge in [0.1, 0.15) is 6.20 Å². The SMILES string of the molecule is O=[N+]([O-])c1ccc(CCCc2nccs2)nc1. The molecule has 0 saturated carbocycles. The molecule has 6 heteroatoms. The molecule has 0 amide bonds. The molecule has 2 aromatic heterocycles. The lowest BCUT2D eigenvalue weighted by Crippen LogP contribution is -1.94. The van der Waals surface area contributed by atoms with E-state index in [9.17, 15) is 10.1 Å². The van der Waals surface area contributed by atoms with Gasteiger partial charge in [-0.2, -0.15) is 0 Å². The Hall–Kier alpha value is -1.82. The zero-order valence-electron chi connectivity index (χ0n) is 9.07. The summed E-state index contributed by atoms with van der Waals surface area (Å²) in [5.74, 6) is 0. The summed E-state index contributed by atoms with van der Waals surface area (Å²) < 4.78 is 0. The van der Waals surface area contributed by atoms with Gasteiger partial charge in [-0.3, -0.25) is 15.1 Å². The molecule has 0 bridgehead atoms. The van der Waals surface area contributed by atoms with Gasteiger partial charge in [-0.25, -0.2) is 4.98 Å². The second kappa shape index (κ2) is 5.49. The van der Waals surface area contributed by atoms with Gasteiger partial charge in [-0.15, -0.1) is 11.3 Å². The maximum Gasteiger partial charge on any atom is 0.287 e. The van der Waals surface area contributed by atoms with Crippen LogP contribution in [-0.2, 0) is 12.8 Å². The molecule has 0 fully saturated rings. The zero-order valence-corrected chi connectivity index (χ0v) is 9.89. The van der Waals surface area contributed by atoms with Gasteiger partial charge in [0.15, 0.2) is 0 Å². The first-order chi connectivity index (χ1) is 8.25. The highest BCUT2D eigenvalue weighted by Gasteiger charge is 2.05. The van der Waals surface area contributed by atoms with Crippen LogP contribution in [-0.4, -0.2) is 14.9 Å². The summed E-state index contributed by atoms with van der Waals surface area (Å²) in [7, 11) is 0. The highest BCUT2D eigenvalue weighted by atomic mass is 32.1. The average molecular weight is 249 g/mol. The molecule has 5 nitrogen and oxygen atoms in total. The molecule has 88 valence electrons. The monoisotopic (exact) mass is 249 g/mol. The Morgan fingerprint density at radius 1 is 1.29 bits per heavy atom. The van der Waals surface area contributed by atoms with Crippen molar-refractivity contribution in [3.05, 3.63) is 50.7 Å². The van der Waals surface area contributed by atoms with Crippen molar-refractivity contribution in [1.29, 1.82) is 0 Å². The van der Waals surface area contributed by atoms with E-state index in [1.807, 2.05) is 5.38 Å². The van der Waals surface area contributed by atoms with Gasteiger partial charge >= 0.3 is 0 Å².